The molecule has 0 aliphatic rings. The first kappa shape index (κ1) is 13.8. The van der Waals surface area contributed by atoms with Crippen molar-refractivity contribution < 1.29 is 13.5 Å². The molecule has 0 spiro atoms. The second-order valence-electron chi connectivity index (χ2n) is 4.19. The topological polar surface area (TPSA) is 9.23 Å². The molecule has 0 aromatic heterocycles. The van der Waals surface area contributed by atoms with Gasteiger partial charge in [-0.05, 0) is 41.8 Å². The van der Waals surface area contributed by atoms with Crippen LogP contribution in [0.2, 0.25) is 0 Å². The number of methoxy groups -OCH3 is 1. The van der Waals surface area contributed by atoms with Crippen molar-refractivity contribution >= 4 is 11.6 Å². The number of benzene rings is 2. The molecule has 0 fully saturated rings. The van der Waals surface area contributed by atoms with E-state index in [2.05, 4.69) is 0 Å². The Morgan fingerprint density at radius 2 is 1.79 bits per heavy atom. The third-order valence-corrected chi connectivity index (χ3v) is 3.27. The van der Waals surface area contributed by atoms with E-state index in [1.165, 1.54) is 25.3 Å². The zero-order valence-corrected chi connectivity index (χ0v) is 11.1. The molecule has 0 aliphatic heterocycles. The van der Waals surface area contributed by atoms with E-state index in [1.54, 1.807) is 24.3 Å². The van der Waals surface area contributed by atoms with Crippen LogP contribution >= 0.6 is 11.6 Å². The summed E-state index contributed by atoms with van der Waals surface area (Å²) in [4.78, 5) is 0. The van der Waals surface area contributed by atoms with Gasteiger partial charge in [0.25, 0.3) is 0 Å². The molecular formula is C15H13ClF2O. The van der Waals surface area contributed by atoms with Crippen molar-refractivity contribution in [1.29, 1.82) is 0 Å². The number of halogens is 3. The van der Waals surface area contributed by atoms with E-state index in [0.29, 0.717) is 12.0 Å². The average Bonchev–Trinajstić information content (AvgIpc) is 2.41. The maximum atomic E-state index is 13.6. The van der Waals surface area contributed by atoms with E-state index in [1.807, 2.05) is 0 Å². The lowest BCUT2D eigenvalue weighted by atomic mass is 10.0. The van der Waals surface area contributed by atoms with Gasteiger partial charge < -0.3 is 4.74 Å². The van der Waals surface area contributed by atoms with Crippen LogP contribution in [-0.2, 0) is 6.42 Å². The van der Waals surface area contributed by atoms with Crippen LogP contribution in [0.1, 0.15) is 16.5 Å². The smallest absolute Gasteiger partial charge is 0.165 e. The summed E-state index contributed by atoms with van der Waals surface area (Å²) in [6.07, 6.45) is 0.508. The Morgan fingerprint density at radius 1 is 1.11 bits per heavy atom. The lowest BCUT2D eigenvalue weighted by Crippen LogP contribution is -1.98. The zero-order valence-electron chi connectivity index (χ0n) is 10.4. The highest BCUT2D eigenvalue weighted by Gasteiger charge is 2.12. The van der Waals surface area contributed by atoms with Gasteiger partial charge in [0.1, 0.15) is 5.82 Å². The second-order valence-corrected chi connectivity index (χ2v) is 4.72. The Morgan fingerprint density at radius 3 is 2.37 bits per heavy atom. The lowest BCUT2D eigenvalue weighted by molar-refractivity contribution is 0.386. The van der Waals surface area contributed by atoms with Gasteiger partial charge in [0, 0.05) is 0 Å². The van der Waals surface area contributed by atoms with Gasteiger partial charge >= 0.3 is 0 Å². The first-order chi connectivity index (χ1) is 9.10. The molecule has 2 aromatic carbocycles. The van der Waals surface area contributed by atoms with Gasteiger partial charge in [0.05, 0.1) is 12.5 Å². The van der Waals surface area contributed by atoms with Crippen LogP contribution in [0.25, 0.3) is 0 Å². The third kappa shape index (κ3) is 3.44. The standard InChI is InChI=1S/C15H13ClF2O/c1-19-15-7-4-11(9-14(15)18)13(16)8-10-2-5-12(17)6-3-10/h2-7,9,13H,8H2,1H3. The number of hydrogen-bond donors (Lipinski definition) is 0. The highest BCUT2D eigenvalue weighted by molar-refractivity contribution is 6.20. The summed E-state index contributed by atoms with van der Waals surface area (Å²) < 4.78 is 31.2. The second kappa shape index (κ2) is 6.02. The SMILES string of the molecule is COc1ccc(C(Cl)Cc2ccc(F)cc2)cc1F. The first-order valence-corrected chi connectivity index (χ1v) is 6.25. The fourth-order valence-corrected chi connectivity index (χ4v) is 2.14. The van der Waals surface area contributed by atoms with Crippen molar-refractivity contribution in [2.45, 2.75) is 11.8 Å². The molecule has 0 saturated carbocycles. The Labute approximate surface area is 115 Å². The zero-order chi connectivity index (χ0) is 13.8. The minimum Gasteiger partial charge on any atom is -0.494 e. The Bertz CT molecular complexity index is 555. The third-order valence-electron chi connectivity index (χ3n) is 2.87. The first-order valence-electron chi connectivity index (χ1n) is 5.82. The van der Waals surface area contributed by atoms with Gasteiger partial charge in [-0.25, -0.2) is 8.78 Å². The molecule has 100 valence electrons. The summed E-state index contributed by atoms with van der Waals surface area (Å²) in [5.74, 6) is -0.537. The van der Waals surface area contributed by atoms with Gasteiger partial charge in [-0.3, -0.25) is 0 Å². The summed E-state index contributed by atoms with van der Waals surface area (Å²) in [5.41, 5.74) is 1.57. The van der Waals surface area contributed by atoms with Gasteiger partial charge in [0.15, 0.2) is 11.6 Å². The van der Waals surface area contributed by atoms with Crippen LogP contribution in [0.15, 0.2) is 42.5 Å². The highest BCUT2D eigenvalue weighted by Crippen LogP contribution is 2.28. The van der Waals surface area contributed by atoms with E-state index < -0.39 is 5.82 Å². The summed E-state index contributed by atoms with van der Waals surface area (Å²) >= 11 is 6.25. The van der Waals surface area contributed by atoms with Crippen molar-refractivity contribution in [2.75, 3.05) is 7.11 Å². The molecule has 0 heterocycles. The number of ether oxygens (including phenoxy) is 1. The van der Waals surface area contributed by atoms with E-state index in [-0.39, 0.29) is 16.9 Å². The molecule has 0 radical (unpaired) electrons. The van der Waals surface area contributed by atoms with E-state index in [9.17, 15) is 8.78 Å². The molecule has 0 amide bonds. The van der Waals surface area contributed by atoms with Crippen molar-refractivity contribution in [2.24, 2.45) is 0 Å². The summed E-state index contributed by atoms with van der Waals surface area (Å²) in [7, 11) is 1.41. The molecule has 0 bridgehead atoms. The van der Waals surface area contributed by atoms with Crippen LogP contribution < -0.4 is 4.74 Å². The Hall–Kier alpha value is -1.61. The van der Waals surface area contributed by atoms with Crippen molar-refractivity contribution in [3.05, 3.63) is 65.2 Å². The van der Waals surface area contributed by atoms with Gasteiger partial charge in [-0.2, -0.15) is 0 Å². The number of alkyl halides is 1. The summed E-state index contributed by atoms with van der Waals surface area (Å²) in [5, 5.41) is -0.370. The molecule has 0 N–H and O–H groups in total. The van der Waals surface area contributed by atoms with Crippen molar-refractivity contribution in [1.82, 2.24) is 0 Å². The lowest BCUT2D eigenvalue weighted by Gasteiger charge is -2.11. The molecule has 1 unspecified atom stereocenters. The molecule has 2 rings (SSSR count). The van der Waals surface area contributed by atoms with E-state index in [0.717, 1.165) is 5.56 Å². The summed E-state index contributed by atoms with van der Waals surface area (Å²) in [6, 6.07) is 10.7. The Balaban J connectivity index is 2.13. The van der Waals surface area contributed by atoms with Crippen LogP contribution in [0.4, 0.5) is 8.78 Å². The van der Waals surface area contributed by atoms with Crippen LogP contribution in [0.5, 0.6) is 5.75 Å². The fraction of sp³-hybridized carbons (Fsp3) is 0.200. The largest absolute Gasteiger partial charge is 0.494 e. The van der Waals surface area contributed by atoms with Gasteiger partial charge in [0.2, 0.25) is 0 Å². The number of rotatable bonds is 4. The van der Waals surface area contributed by atoms with Gasteiger partial charge in [-0.15, -0.1) is 11.6 Å². The summed E-state index contributed by atoms with van der Waals surface area (Å²) in [6.45, 7) is 0. The molecule has 19 heavy (non-hydrogen) atoms. The highest BCUT2D eigenvalue weighted by atomic mass is 35.5. The molecular weight excluding hydrogens is 270 g/mol. The normalized spacial score (nSPS) is 12.2. The van der Waals surface area contributed by atoms with E-state index in [4.69, 9.17) is 16.3 Å². The molecule has 2 aromatic rings. The number of hydrogen-bond acceptors (Lipinski definition) is 1. The van der Waals surface area contributed by atoms with Crippen LogP contribution in [0, 0.1) is 11.6 Å². The minimum absolute atomic E-state index is 0.189. The molecule has 0 aliphatic carbocycles. The fourth-order valence-electron chi connectivity index (χ4n) is 1.82. The maximum absolute atomic E-state index is 13.6. The maximum Gasteiger partial charge on any atom is 0.165 e. The predicted molar refractivity (Wildman–Crippen MR) is 71.7 cm³/mol. The van der Waals surface area contributed by atoms with Crippen LogP contribution in [-0.4, -0.2) is 7.11 Å². The molecule has 4 heteroatoms. The Kier molecular flexibility index (Phi) is 4.38. The minimum atomic E-state index is -0.440. The van der Waals surface area contributed by atoms with Crippen molar-refractivity contribution in [3.8, 4) is 5.75 Å². The van der Waals surface area contributed by atoms with Crippen molar-refractivity contribution in [3.63, 3.8) is 0 Å². The average molecular weight is 283 g/mol. The molecule has 1 nitrogen and oxygen atoms in total. The van der Waals surface area contributed by atoms with Crippen LogP contribution in [0.3, 0.4) is 0 Å². The van der Waals surface area contributed by atoms with E-state index >= 15 is 0 Å². The molecule has 1 atom stereocenters. The predicted octanol–water partition coefficient (Wildman–Crippen LogP) is 4.50. The quantitative estimate of drug-likeness (QED) is 0.751. The molecule has 0 saturated heterocycles. The van der Waals surface area contributed by atoms with Gasteiger partial charge in [-0.1, -0.05) is 18.2 Å². The monoisotopic (exact) mass is 282 g/mol.